The predicted octanol–water partition coefficient (Wildman–Crippen LogP) is 4.28. The van der Waals surface area contributed by atoms with Crippen LogP contribution in [-0.4, -0.2) is 11.0 Å². The van der Waals surface area contributed by atoms with E-state index in [2.05, 4.69) is 34.6 Å². The fourth-order valence-electron chi connectivity index (χ4n) is 1.89. The molecule has 1 aliphatic rings. The molecule has 1 aromatic heterocycles. The highest BCUT2D eigenvalue weighted by Crippen LogP contribution is 2.22. The van der Waals surface area contributed by atoms with Gasteiger partial charge in [0.05, 0.1) is 5.03 Å². The van der Waals surface area contributed by atoms with Crippen molar-refractivity contribution < 1.29 is 0 Å². The Kier molecular flexibility index (Phi) is 4.61. The summed E-state index contributed by atoms with van der Waals surface area (Å²) >= 11 is 7.63. The lowest BCUT2D eigenvalue weighted by Crippen LogP contribution is -2.15. The van der Waals surface area contributed by atoms with Crippen molar-refractivity contribution in [1.29, 1.82) is 0 Å². The van der Waals surface area contributed by atoms with Crippen LogP contribution in [0.1, 0.15) is 24.0 Å². The molecule has 3 rings (SSSR count). The number of hydrogen-bond acceptors (Lipinski definition) is 3. The maximum absolute atomic E-state index is 5.88. The summed E-state index contributed by atoms with van der Waals surface area (Å²) in [6, 6.07) is 13.0. The van der Waals surface area contributed by atoms with Crippen molar-refractivity contribution in [3.63, 3.8) is 0 Å². The summed E-state index contributed by atoms with van der Waals surface area (Å²) in [6.07, 6.45) is 4.62. The summed E-state index contributed by atoms with van der Waals surface area (Å²) in [6.45, 7) is 0.930. The molecule has 20 heavy (non-hydrogen) atoms. The topological polar surface area (TPSA) is 24.9 Å². The Morgan fingerprint density at radius 2 is 1.85 bits per heavy atom. The van der Waals surface area contributed by atoms with Crippen molar-refractivity contribution in [3.8, 4) is 0 Å². The van der Waals surface area contributed by atoms with Crippen LogP contribution in [0.2, 0.25) is 5.02 Å². The molecular weight excluding hydrogens is 288 g/mol. The van der Waals surface area contributed by atoms with E-state index in [1.54, 1.807) is 11.8 Å². The fraction of sp³-hybridized carbons (Fsp3) is 0.312. The molecule has 1 N–H and O–H groups in total. The van der Waals surface area contributed by atoms with E-state index in [0.717, 1.165) is 28.4 Å². The molecule has 104 valence electrons. The van der Waals surface area contributed by atoms with E-state index >= 15 is 0 Å². The van der Waals surface area contributed by atoms with E-state index in [1.165, 1.54) is 24.0 Å². The molecule has 1 heterocycles. The van der Waals surface area contributed by atoms with Gasteiger partial charge in [-0.3, -0.25) is 0 Å². The molecule has 2 aromatic rings. The van der Waals surface area contributed by atoms with Gasteiger partial charge in [-0.25, -0.2) is 4.98 Å². The first-order valence-corrected chi connectivity index (χ1v) is 8.21. The molecule has 0 unspecified atom stereocenters. The Labute approximate surface area is 129 Å². The van der Waals surface area contributed by atoms with Crippen LogP contribution in [0.15, 0.2) is 47.6 Å². The highest BCUT2D eigenvalue weighted by molar-refractivity contribution is 7.98. The first-order valence-electron chi connectivity index (χ1n) is 6.85. The molecule has 0 saturated heterocycles. The molecule has 0 spiro atoms. The van der Waals surface area contributed by atoms with Crippen LogP contribution >= 0.6 is 23.4 Å². The summed E-state index contributed by atoms with van der Waals surface area (Å²) in [7, 11) is 0. The number of benzene rings is 1. The lowest BCUT2D eigenvalue weighted by molar-refractivity contribution is 0.685. The van der Waals surface area contributed by atoms with E-state index in [-0.39, 0.29) is 0 Å². The molecule has 0 amide bonds. The lowest BCUT2D eigenvalue weighted by atomic mass is 10.2. The average molecular weight is 305 g/mol. The Bertz CT molecular complexity index is 550. The van der Waals surface area contributed by atoms with Crippen LogP contribution in [0.3, 0.4) is 0 Å². The van der Waals surface area contributed by atoms with Gasteiger partial charge in [0, 0.05) is 29.6 Å². The third-order valence-corrected chi connectivity index (χ3v) is 4.54. The van der Waals surface area contributed by atoms with Crippen LogP contribution in [0, 0.1) is 0 Å². The van der Waals surface area contributed by atoms with E-state index in [0.29, 0.717) is 0 Å². The van der Waals surface area contributed by atoms with Crippen molar-refractivity contribution >= 4 is 23.4 Å². The van der Waals surface area contributed by atoms with Crippen LogP contribution in [0.4, 0.5) is 0 Å². The van der Waals surface area contributed by atoms with Crippen LogP contribution in [-0.2, 0) is 12.3 Å². The maximum Gasteiger partial charge on any atom is 0.0963 e. The molecule has 1 aliphatic carbocycles. The maximum atomic E-state index is 5.88. The fourth-order valence-corrected chi connectivity index (χ4v) is 2.81. The molecule has 4 heteroatoms. The quantitative estimate of drug-likeness (QED) is 0.806. The molecule has 1 aromatic carbocycles. The van der Waals surface area contributed by atoms with Crippen molar-refractivity contribution in [2.45, 2.75) is 36.2 Å². The third kappa shape index (κ3) is 4.23. The molecule has 2 nitrogen and oxygen atoms in total. The molecule has 1 saturated carbocycles. The van der Waals surface area contributed by atoms with Gasteiger partial charge in [-0.1, -0.05) is 29.8 Å². The Balaban J connectivity index is 1.50. The van der Waals surface area contributed by atoms with Crippen LogP contribution in [0.25, 0.3) is 0 Å². The van der Waals surface area contributed by atoms with E-state index < -0.39 is 0 Å². The standard InChI is InChI=1S/C16H17ClN2S/c17-14-4-1-12(2-5-14)11-20-16-8-3-13(10-19-16)9-18-15-6-7-15/h1-5,8,10,15,18H,6-7,9,11H2. The smallest absolute Gasteiger partial charge is 0.0963 e. The molecule has 0 bridgehead atoms. The largest absolute Gasteiger partial charge is 0.310 e. The lowest BCUT2D eigenvalue weighted by Gasteiger charge is -2.05. The number of thioether (sulfide) groups is 1. The van der Waals surface area contributed by atoms with E-state index in [1.807, 2.05) is 18.3 Å². The van der Waals surface area contributed by atoms with Gasteiger partial charge in [0.2, 0.25) is 0 Å². The minimum Gasteiger partial charge on any atom is -0.310 e. The van der Waals surface area contributed by atoms with Gasteiger partial charge in [0.25, 0.3) is 0 Å². The first-order chi connectivity index (χ1) is 9.79. The highest BCUT2D eigenvalue weighted by Gasteiger charge is 2.19. The number of nitrogens with zero attached hydrogens (tertiary/aromatic N) is 1. The van der Waals surface area contributed by atoms with Gasteiger partial charge in [-0.2, -0.15) is 0 Å². The second-order valence-corrected chi connectivity index (χ2v) is 6.51. The van der Waals surface area contributed by atoms with Gasteiger partial charge in [-0.05, 0) is 42.2 Å². The Morgan fingerprint density at radius 1 is 1.10 bits per heavy atom. The van der Waals surface area contributed by atoms with Crippen molar-refractivity contribution in [2.24, 2.45) is 0 Å². The van der Waals surface area contributed by atoms with Crippen molar-refractivity contribution in [1.82, 2.24) is 10.3 Å². The number of aromatic nitrogens is 1. The van der Waals surface area contributed by atoms with E-state index in [9.17, 15) is 0 Å². The van der Waals surface area contributed by atoms with Gasteiger partial charge in [0.1, 0.15) is 0 Å². The number of hydrogen-bond donors (Lipinski definition) is 1. The van der Waals surface area contributed by atoms with Crippen molar-refractivity contribution in [3.05, 3.63) is 58.7 Å². The zero-order valence-electron chi connectivity index (χ0n) is 11.2. The minimum absolute atomic E-state index is 0.744. The van der Waals surface area contributed by atoms with Gasteiger partial charge in [0.15, 0.2) is 0 Å². The Hall–Kier alpha value is -1.03. The Morgan fingerprint density at radius 3 is 2.50 bits per heavy atom. The summed E-state index contributed by atoms with van der Waals surface area (Å²) in [5.74, 6) is 0.920. The number of pyridine rings is 1. The van der Waals surface area contributed by atoms with Crippen molar-refractivity contribution in [2.75, 3.05) is 0 Å². The predicted molar refractivity (Wildman–Crippen MR) is 85.1 cm³/mol. The van der Waals surface area contributed by atoms with Gasteiger partial charge >= 0.3 is 0 Å². The van der Waals surface area contributed by atoms with Gasteiger partial charge in [-0.15, -0.1) is 11.8 Å². The molecule has 1 fully saturated rings. The minimum atomic E-state index is 0.744. The van der Waals surface area contributed by atoms with E-state index in [4.69, 9.17) is 11.6 Å². The SMILES string of the molecule is Clc1ccc(CSc2ccc(CNC3CC3)cn2)cc1. The third-order valence-electron chi connectivity index (χ3n) is 3.27. The molecule has 0 radical (unpaired) electrons. The second kappa shape index (κ2) is 6.61. The molecule has 0 aliphatic heterocycles. The number of rotatable bonds is 6. The molecule has 0 atom stereocenters. The zero-order chi connectivity index (χ0) is 13.8. The average Bonchev–Trinajstić information content (AvgIpc) is 3.30. The highest BCUT2D eigenvalue weighted by atomic mass is 35.5. The second-order valence-electron chi connectivity index (χ2n) is 5.08. The summed E-state index contributed by atoms with van der Waals surface area (Å²) in [5, 5.41) is 5.34. The normalized spacial score (nSPS) is 14.4. The van der Waals surface area contributed by atoms with Crippen LogP contribution in [0.5, 0.6) is 0 Å². The monoisotopic (exact) mass is 304 g/mol. The summed E-state index contributed by atoms with van der Waals surface area (Å²) in [4.78, 5) is 4.51. The zero-order valence-corrected chi connectivity index (χ0v) is 12.8. The first kappa shape index (κ1) is 13.9. The summed E-state index contributed by atoms with van der Waals surface area (Å²) < 4.78 is 0. The number of nitrogens with one attached hydrogen (secondary N) is 1. The summed E-state index contributed by atoms with van der Waals surface area (Å²) in [5.41, 5.74) is 2.52. The molecular formula is C16H17ClN2S. The van der Waals surface area contributed by atoms with Gasteiger partial charge < -0.3 is 5.32 Å². The number of halogens is 1. The van der Waals surface area contributed by atoms with Crippen LogP contribution < -0.4 is 5.32 Å².